The van der Waals surface area contributed by atoms with Crippen LogP contribution < -0.4 is 10.2 Å². The summed E-state index contributed by atoms with van der Waals surface area (Å²) in [5, 5.41) is 13.6. The number of fused-ring (bicyclic) bond motifs is 4. The maximum Gasteiger partial charge on any atom is 0.330 e. The topological polar surface area (TPSA) is 122 Å². The Hall–Kier alpha value is -3.01. The molecule has 10 heteroatoms. The fourth-order valence-electron chi connectivity index (χ4n) is 4.80. The number of carbonyl (C=O) groups excluding carboxylic acids is 3. The number of urea groups is 1. The summed E-state index contributed by atoms with van der Waals surface area (Å²) in [7, 11) is 1.46. The van der Waals surface area contributed by atoms with Crippen LogP contribution in [0.5, 0.6) is 0 Å². The molecule has 0 aliphatic carbocycles. The highest BCUT2D eigenvalue weighted by Crippen LogP contribution is 2.48. The summed E-state index contributed by atoms with van der Waals surface area (Å²) in [4.78, 5) is 52.8. The average molecular weight is 402 g/mol. The lowest BCUT2D eigenvalue weighted by Gasteiger charge is -2.53. The Balaban J connectivity index is 1.83. The molecule has 1 N–H and O–H groups in total. The van der Waals surface area contributed by atoms with Crippen LogP contribution in [0.15, 0.2) is 18.2 Å². The Morgan fingerprint density at radius 1 is 1.31 bits per heavy atom. The predicted octanol–water partition coefficient (Wildman–Crippen LogP) is 1.22. The van der Waals surface area contributed by atoms with Gasteiger partial charge in [-0.3, -0.25) is 29.9 Å². The van der Waals surface area contributed by atoms with Crippen molar-refractivity contribution in [2.75, 3.05) is 31.7 Å². The van der Waals surface area contributed by atoms with Gasteiger partial charge in [0.15, 0.2) is 5.41 Å². The highest BCUT2D eigenvalue weighted by molar-refractivity contribution is 6.20. The lowest BCUT2D eigenvalue weighted by atomic mass is 9.66. The standard InChI is InChI=1S/C19H22N4O6/c1-29-9-8-22-17(25)19(16(24)20-18(22)26)11-12-10-13(23(27)28)5-6-14(12)21-7-3-2-4-15(19)21/h5-6,10,15H,2-4,7-9,11H2,1H3,(H,20,24,26). The number of nitrogens with zero attached hydrogens (tertiary/aromatic N) is 3. The van der Waals surface area contributed by atoms with Crippen molar-refractivity contribution in [3.8, 4) is 0 Å². The van der Waals surface area contributed by atoms with Gasteiger partial charge in [0, 0.05) is 37.9 Å². The van der Waals surface area contributed by atoms with Crippen molar-refractivity contribution in [1.29, 1.82) is 0 Å². The number of carbonyl (C=O) groups is 3. The van der Waals surface area contributed by atoms with E-state index in [2.05, 4.69) is 5.32 Å². The monoisotopic (exact) mass is 402 g/mol. The van der Waals surface area contributed by atoms with E-state index in [1.165, 1.54) is 19.2 Å². The maximum absolute atomic E-state index is 13.5. The van der Waals surface area contributed by atoms with E-state index in [4.69, 9.17) is 4.74 Å². The summed E-state index contributed by atoms with van der Waals surface area (Å²) in [5.41, 5.74) is -0.205. The fourth-order valence-corrected chi connectivity index (χ4v) is 4.80. The van der Waals surface area contributed by atoms with Crippen LogP contribution in [0.3, 0.4) is 0 Å². The molecule has 3 heterocycles. The van der Waals surface area contributed by atoms with Gasteiger partial charge in [0.25, 0.3) is 5.69 Å². The minimum absolute atomic E-state index is 0.0204. The molecule has 3 aliphatic heterocycles. The second-order valence-corrected chi connectivity index (χ2v) is 7.63. The molecule has 2 unspecified atom stereocenters. The zero-order valence-electron chi connectivity index (χ0n) is 16.1. The van der Waals surface area contributed by atoms with Crippen LogP contribution in [0.1, 0.15) is 24.8 Å². The van der Waals surface area contributed by atoms with Crippen molar-refractivity contribution < 1.29 is 24.0 Å². The minimum Gasteiger partial charge on any atom is -0.383 e. The molecule has 2 fully saturated rings. The average Bonchev–Trinajstić information content (AvgIpc) is 2.71. The molecule has 1 aromatic rings. The van der Waals surface area contributed by atoms with Crippen LogP contribution in [0.2, 0.25) is 0 Å². The van der Waals surface area contributed by atoms with Gasteiger partial charge >= 0.3 is 6.03 Å². The lowest BCUT2D eigenvalue weighted by Crippen LogP contribution is -2.72. The number of nitrogens with one attached hydrogen (secondary N) is 1. The molecule has 1 aromatic carbocycles. The van der Waals surface area contributed by atoms with Crippen molar-refractivity contribution in [1.82, 2.24) is 10.2 Å². The van der Waals surface area contributed by atoms with Crippen molar-refractivity contribution in [3.05, 3.63) is 33.9 Å². The fraction of sp³-hybridized carbons (Fsp3) is 0.526. The van der Waals surface area contributed by atoms with Crippen molar-refractivity contribution in [2.24, 2.45) is 5.41 Å². The summed E-state index contributed by atoms with van der Waals surface area (Å²) in [6.45, 7) is 0.828. The zero-order chi connectivity index (χ0) is 20.8. The second kappa shape index (κ2) is 7.11. The highest BCUT2D eigenvalue weighted by Gasteiger charge is 2.62. The van der Waals surface area contributed by atoms with Crippen molar-refractivity contribution in [2.45, 2.75) is 31.7 Å². The molecule has 4 rings (SSSR count). The van der Waals surface area contributed by atoms with Crippen LogP contribution in [-0.4, -0.2) is 60.5 Å². The summed E-state index contributed by atoms with van der Waals surface area (Å²) >= 11 is 0. The predicted molar refractivity (Wildman–Crippen MR) is 101 cm³/mol. The molecule has 2 atom stereocenters. The van der Waals surface area contributed by atoms with Gasteiger partial charge in [-0.1, -0.05) is 0 Å². The summed E-state index contributed by atoms with van der Waals surface area (Å²) in [6.07, 6.45) is 2.40. The first-order valence-electron chi connectivity index (χ1n) is 9.60. The van der Waals surface area contributed by atoms with Gasteiger partial charge in [0.05, 0.1) is 24.1 Å². The quantitative estimate of drug-likeness (QED) is 0.456. The normalized spacial score (nSPS) is 26.2. The number of methoxy groups -OCH3 is 1. The van der Waals surface area contributed by atoms with Crippen LogP contribution in [-0.2, 0) is 20.7 Å². The van der Waals surface area contributed by atoms with E-state index in [1.807, 2.05) is 4.90 Å². The number of non-ortho nitro benzene ring substituents is 1. The van der Waals surface area contributed by atoms with E-state index in [0.717, 1.165) is 23.4 Å². The van der Waals surface area contributed by atoms with Gasteiger partial charge in [-0.25, -0.2) is 4.79 Å². The van der Waals surface area contributed by atoms with Crippen molar-refractivity contribution in [3.63, 3.8) is 0 Å². The SMILES string of the molecule is COCCN1C(=O)NC(=O)C2(Cc3cc([N+](=O)[O-])ccc3N3CCCCC32)C1=O. The maximum atomic E-state index is 13.5. The number of nitro benzene ring substituents is 1. The smallest absolute Gasteiger partial charge is 0.330 e. The molecule has 3 aliphatic rings. The number of hydrogen-bond acceptors (Lipinski definition) is 7. The van der Waals surface area contributed by atoms with Crippen LogP contribution >= 0.6 is 0 Å². The Morgan fingerprint density at radius 3 is 2.83 bits per heavy atom. The Bertz CT molecular complexity index is 903. The number of piperidine rings is 1. The van der Waals surface area contributed by atoms with Crippen molar-refractivity contribution >= 4 is 29.2 Å². The summed E-state index contributed by atoms with van der Waals surface area (Å²) < 4.78 is 5.00. The third-order valence-electron chi connectivity index (χ3n) is 6.14. The third kappa shape index (κ3) is 2.86. The first-order valence-corrected chi connectivity index (χ1v) is 9.60. The molecule has 1 spiro atoms. The van der Waals surface area contributed by atoms with Gasteiger partial charge in [-0.2, -0.15) is 0 Å². The first kappa shape index (κ1) is 19.3. The molecular formula is C19H22N4O6. The van der Waals surface area contributed by atoms with E-state index >= 15 is 0 Å². The van der Waals surface area contributed by atoms with Crippen LogP contribution in [0, 0.1) is 15.5 Å². The third-order valence-corrected chi connectivity index (χ3v) is 6.14. The van der Waals surface area contributed by atoms with Gasteiger partial charge in [-0.05, 0) is 30.9 Å². The van der Waals surface area contributed by atoms with Gasteiger partial charge in [0.1, 0.15) is 0 Å². The molecule has 0 aromatic heterocycles. The number of benzene rings is 1. The molecule has 0 bridgehead atoms. The van der Waals surface area contributed by atoms with E-state index in [9.17, 15) is 24.5 Å². The second-order valence-electron chi connectivity index (χ2n) is 7.63. The van der Waals surface area contributed by atoms with E-state index in [0.29, 0.717) is 18.5 Å². The van der Waals surface area contributed by atoms with Gasteiger partial charge in [-0.15, -0.1) is 0 Å². The number of ether oxygens (including phenoxy) is 1. The van der Waals surface area contributed by atoms with Gasteiger partial charge < -0.3 is 9.64 Å². The Labute approximate surface area is 166 Å². The largest absolute Gasteiger partial charge is 0.383 e. The Kier molecular flexibility index (Phi) is 4.73. The first-order chi connectivity index (χ1) is 13.9. The molecule has 10 nitrogen and oxygen atoms in total. The highest BCUT2D eigenvalue weighted by atomic mass is 16.6. The molecule has 4 amide bonds. The van der Waals surface area contributed by atoms with E-state index in [1.54, 1.807) is 6.07 Å². The molecule has 0 radical (unpaired) electrons. The molecule has 2 saturated heterocycles. The molecule has 29 heavy (non-hydrogen) atoms. The summed E-state index contributed by atoms with van der Waals surface area (Å²) in [6, 6.07) is 3.40. The Morgan fingerprint density at radius 2 is 2.10 bits per heavy atom. The van der Waals surface area contributed by atoms with Gasteiger partial charge in [0.2, 0.25) is 11.8 Å². The number of imide groups is 2. The minimum atomic E-state index is -1.50. The van der Waals surface area contributed by atoms with E-state index < -0.39 is 34.2 Å². The lowest BCUT2D eigenvalue weighted by molar-refractivity contribution is -0.384. The molecule has 0 saturated carbocycles. The van der Waals surface area contributed by atoms with Crippen LogP contribution in [0.25, 0.3) is 0 Å². The molecular weight excluding hydrogens is 380 g/mol. The number of barbiturate groups is 1. The van der Waals surface area contributed by atoms with Crippen LogP contribution in [0.4, 0.5) is 16.2 Å². The van der Waals surface area contributed by atoms with E-state index in [-0.39, 0.29) is 25.3 Å². The number of rotatable bonds is 4. The summed E-state index contributed by atoms with van der Waals surface area (Å²) in [5.74, 6) is -1.19. The number of nitro groups is 1. The molecule has 154 valence electrons. The number of anilines is 1. The number of hydrogen-bond donors (Lipinski definition) is 1. The number of amides is 4. The zero-order valence-corrected chi connectivity index (χ0v) is 16.1.